The molecule has 0 bridgehead atoms. The molecule has 0 amide bonds. The number of benzene rings is 1. The predicted molar refractivity (Wildman–Crippen MR) is 130 cm³/mol. The first kappa shape index (κ1) is 21.3. The van der Waals surface area contributed by atoms with Gasteiger partial charge in [0.15, 0.2) is 0 Å². The van der Waals surface area contributed by atoms with Gasteiger partial charge >= 0.3 is 0 Å². The van der Waals surface area contributed by atoms with E-state index in [1.54, 1.807) is 0 Å². The van der Waals surface area contributed by atoms with Crippen molar-refractivity contribution in [2.24, 2.45) is 11.8 Å². The molecule has 1 fully saturated rings. The summed E-state index contributed by atoms with van der Waals surface area (Å²) >= 11 is 0. The molecule has 1 saturated carbocycles. The minimum atomic E-state index is -0.858. The topological polar surface area (TPSA) is 119 Å². The van der Waals surface area contributed by atoms with Crippen LogP contribution in [-0.4, -0.2) is 48.5 Å². The van der Waals surface area contributed by atoms with Crippen molar-refractivity contribution in [1.82, 2.24) is 19.5 Å². The van der Waals surface area contributed by atoms with Crippen molar-refractivity contribution in [3.8, 4) is 5.75 Å². The molecular weight excluding hydrogens is 430 g/mol. The maximum atomic E-state index is 10.8. The molecule has 1 aliphatic carbocycles. The van der Waals surface area contributed by atoms with E-state index in [0.717, 1.165) is 53.6 Å². The van der Waals surface area contributed by atoms with Crippen LogP contribution in [0.4, 0.5) is 5.82 Å². The molecule has 4 N–H and O–H groups in total. The monoisotopic (exact) mass is 459 g/mol. The Morgan fingerprint density at radius 3 is 2.91 bits per heavy atom. The summed E-state index contributed by atoms with van der Waals surface area (Å²) in [6.45, 7) is 2.92. The number of nitrogen functional groups attached to an aromatic ring is 1. The summed E-state index contributed by atoms with van der Waals surface area (Å²) in [4.78, 5) is 13.3. The number of ether oxygens (including phenoxy) is 1. The van der Waals surface area contributed by atoms with Gasteiger partial charge in [-0.1, -0.05) is 19.1 Å². The number of nitrogens with two attached hydrogens (primary N) is 1. The van der Waals surface area contributed by atoms with Crippen LogP contribution in [0.3, 0.4) is 0 Å². The van der Waals surface area contributed by atoms with E-state index in [1.165, 1.54) is 11.9 Å². The number of aryl methyl sites for hydroxylation is 1. The number of nitrogens with zero attached hydrogens (tertiary/aromatic N) is 4. The van der Waals surface area contributed by atoms with Gasteiger partial charge in [0.1, 0.15) is 29.6 Å². The summed E-state index contributed by atoms with van der Waals surface area (Å²) < 4.78 is 7.78. The maximum absolute atomic E-state index is 10.8. The number of hydrogen-bond donors (Lipinski definition) is 3. The molecule has 0 saturated heterocycles. The number of aliphatic hydroxyl groups excluding tert-OH is 2. The highest BCUT2D eigenvalue weighted by atomic mass is 16.5. The van der Waals surface area contributed by atoms with E-state index in [0.29, 0.717) is 23.8 Å². The van der Waals surface area contributed by atoms with Gasteiger partial charge in [0.2, 0.25) is 0 Å². The van der Waals surface area contributed by atoms with E-state index >= 15 is 0 Å². The van der Waals surface area contributed by atoms with Crippen LogP contribution in [0.1, 0.15) is 37.1 Å². The lowest BCUT2D eigenvalue weighted by Crippen LogP contribution is -2.29. The van der Waals surface area contributed by atoms with E-state index in [1.807, 2.05) is 16.8 Å². The molecular formula is C26H29N5O3. The number of aromatic nitrogens is 4. The summed E-state index contributed by atoms with van der Waals surface area (Å²) in [5.41, 5.74) is 9.85. The van der Waals surface area contributed by atoms with Crippen LogP contribution >= 0.6 is 0 Å². The van der Waals surface area contributed by atoms with Gasteiger partial charge in [-0.3, -0.25) is 0 Å². The maximum Gasteiger partial charge on any atom is 0.145 e. The SMILES string of the molecule is C[C@@H]1COc2cc3ccc(CC[C@H]4C[C@@H](n5ccc6c(N)ncnc65)[C@H](O)[C@@H]4O)cc3nc2C1. The lowest BCUT2D eigenvalue weighted by atomic mass is 9.95. The predicted octanol–water partition coefficient (Wildman–Crippen LogP) is 3.05. The normalized spacial score (nSPS) is 26.6. The summed E-state index contributed by atoms with van der Waals surface area (Å²) in [6.07, 6.45) is 4.86. The highest BCUT2D eigenvalue weighted by Gasteiger charge is 2.42. The molecule has 4 aromatic rings. The molecule has 0 unspecified atom stereocenters. The van der Waals surface area contributed by atoms with Gasteiger partial charge in [0, 0.05) is 11.6 Å². The van der Waals surface area contributed by atoms with Crippen LogP contribution in [-0.2, 0) is 12.8 Å². The Hall–Kier alpha value is -3.23. The van der Waals surface area contributed by atoms with E-state index in [2.05, 4.69) is 41.2 Å². The lowest BCUT2D eigenvalue weighted by molar-refractivity contribution is 0.00545. The number of hydrogen-bond acceptors (Lipinski definition) is 7. The van der Waals surface area contributed by atoms with E-state index in [-0.39, 0.29) is 12.0 Å². The van der Waals surface area contributed by atoms with Crippen molar-refractivity contribution in [2.75, 3.05) is 12.3 Å². The number of rotatable bonds is 4. The second-order valence-electron chi connectivity index (χ2n) is 9.88. The second kappa shape index (κ2) is 8.21. The van der Waals surface area contributed by atoms with Crippen molar-refractivity contribution in [2.45, 2.75) is 50.9 Å². The molecule has 8 nitrogen and oxygen atoms in total. The number of anilines is 1. The highest BCUT2D eigenvalue weighted by molar-refractivity contribution is 5.86. The van der Waals surface area contributed by atoms with Gasteiger partial charge in [-0.2, -0.15) is 0 Å². The molecule has 5 atom stereocenters. The molecule has 6 rings (SSSR count). The molecule has 34 heavy (non-hydrogen) atoms. The molecule has 1 aliphatic heterocycles. The average molecular weight is 460 g/mol. The first-order valence-electron chi connectivity index (χ1n) is 12.0. The minimum Gasteiger partial charge on any atom is -0.491 e. The van der Waals surface area contributed by atoms with Gasteiger partial charge in [-0.15, -0.1) is 0 Å². The Kier molecular flexibility index (Phi) is 5.15. The first-order valence-corrected chi connectivity index (χ1v) is 12.0. The van der Waals surface area contributed by atoms with Gasteiger partial charge in [0.05, 0.1) is 35.3 Å². The summed E-state index contributed by atoms with van der Waals surface area (Å²) in [5, 5.41) is 23.5. The fourth-order valence-electron chi connectivity index (χ4n) is 5.55. The quantitative estimate of drug-likeness (QED) is 0.429. The standard InChI is InChI=1S/C26H29N5O3/c1-14-8-20-22(34-12-14)11-16-4-2-15(9-19(16)30-20)3-5-17-10-21(24(33)23(17)32)31-7-6-18-25(27)28-13-29-26(18)31/h2,4,6-7,9,11,13-14,17,21,23-24,32-33H,3,5,8,10,12H2,1H3,(H2,27,28,29)/t14-,17-,21+,23+,24-/m0/s1. The van der Waals surface area contributed by atoms with Crippen molar-refractivity contribution < 1.29 is 14.9 Å². The van der Waals surface area contributed by atoms with Crippen LogP contribution in [0.25, 0.3) is 21.9 Å². The van der Waals surface area contributed by atoms with Crippen LogP contribution in [0.5, 0.6) is 5.75 Å². The Morgan fingerprint density at radius 1 is 1.15 bits per heavy atom. The molecule has 1 aromatic carbocycles. The molecule has 0 spiro atoms. The average Bonchev–Trinajstić information content (AvgIpc) is 3.38. The summed E-state index contributed by atoms with van der Waals surface area (Å²) in [6, 6.07) is 10.1. The van der Waals surface area contributed by atoms with Crippen LogP contribution in [0.2, 0.25) is 0 Å². The molecule has 176 valence electrons. The van der Waals surface area contributed by atoms with Gasteiger partial charge < -0.3 is 25.3 Å². The minimum absolute atomic E-state index is 0.0157. The van der Waals surface area contributed by atoms with Crippen LogP contribution in [0, 0.1) is 11.8 Å². The largest absolute Gasteiger partial charge is 0.491 e. The zero-order chi connectivity index (χ0) is 23.4. The van der Waals surface area contributed by atoms with Gasteiger partial charge in [-0.25, -0.2) is 15.0 Å². The Balaban J connectivity index is 1.19. The fraction of sp³-hybridized carbons (Fsp3) is 0.423. The first-order chi connectivity index (χ1) is 16.5. The Morgan fingerprint density at radius 2 is 2.03 bits per heavy atom. The molecule has 8 heteroatoms. The summed E-state index contributed by atoms with van der Waals surface area (Å²) in [7, 11) is 0. The van der Waals surface area contributed by atoms with E-state index < -0.39 is 12.2 Å². The molecule has 4 heterocycles. The Bertz CT molecular complexity index is 1370. The molecule has 3 aromatic heterocycles. The fourth-order valence-corrected chi connectivity index (χ4v) is 5.55. The third-order valence-corrected chi connectivity index (χ3v) is 7.46. The van der Waals surface area contributed by atoms with Crippen molar-refractivity contribution >= 4 is 27.8 Å². The van der Waals surface area contributed by atoms with E-state index in [4.69, 9.17) is 15.5 Å². The Labute approximate surface area is 197 Å². The van der Waals surface area contributed by atoms with Crippen LogP contribution in [0.15, 0.2) is 42.9 Å². The van der Waals surface area contributed by atoms with E-state index in [9.17, 15) is 10.2 Å². The lowest BCUT2D eigenvalue weighted by Gasteiger charge is -2.22. The van der Waals surface area contributed by atoms with Crippen LogP contribution < -0.4 is 10.5 Å². The third-order valence-electron chi connectivity index (χ3n) is 7.46. The highest BCUT2D eigenvalue weighted by Crippen LogP contribution is 2.40. The van der Waals surface area contributed by atoms with Gasteiger partial charge in [0.25, 0.3) is 0 Å². The third kappa shape index (κ3) is 3.58. The number of aliphatic hydroxyl groups is 2. The van der Waals surface area contributed by atoms with Gasteiger partial charge in [-0.05, 0) is 61.3 Å². The zero-order valence-electron chi connectivity index (χ0n) is 19.1. The second-order valence-corrected chi connectivity index (χ2v) is 9.88. The van der Waals surface area contributed by atoms with Crippen molar-refractivity contribution in [3.63, 3.8) is 0 Å². The number of pyridine rings is 1. The van der Waals surface area contributed by atoms with Crippen molar-refractivity contribution in [3.05, 3.63) is 54.1 Å². The number of fused-ring (bicyclic) bond motifs is 3. The van der Waals surface area contributed by atoms with Crippen molar-refractivity contribution in [1.29, 1.82) is 0 Å². The zero-order valence-corrected chi connectivity index (χ0v) is 19.1. The molecule has 0 radical (unpaired) electrons. The summed E-state index contributed by atoms with van der Waals surface area (Å²) in [5.74, 6) is 1.78. The smallest absolute Gasteiger partial charge is 0.145 e. The molecule has 2 aliphatic rings.